The highest BCUT2D eigenvalue weighted by atomic mass is 19.1. The van der Waals surface area contributed by atoms with Crippen LogP contribution in [0.15, 0.2) is 48.5 Å². The van der Waals surface area contributed by atoms with Crippen molar-refractivity contribution < 1.29 is 13.9 Å². The van der Waals surface area contributed by atoms with Gasteiger partial charge >= 0.3 is 5.97 Å². The van der Waals surface area contributed by atoms with Crippen LogP contribution in [0.1, 0.15) is 21.7 Å². The molecule has 26 heavy (non-hydrogen) atoms. The summed E-state index contributed by atoms with van der Waals surface area (Å²) in [5.41, 5.74) is 7.83. The fourth-order valence-corrected chi connectivity index (χ4v) is 2.12. The lowest BCUT2D eigenvalue weighted by Crippen LogP contribution is -2.11. The van der Waals surface area contributed by atoms with Crippen LogP contribution in [0.25, 0.3) is 0 Å². The lowest BCUT2D eigenvalue weighted by Gasteiger charge is -2.08. The van der Waals surface area contributed by atoms with Crippen LogP contribution < -0.4 is 11.1 Å². The Morgan fingerprint density at radius 1 is 1.08 bits per heavy atom. The minimum Gasteiger partial charge on any atom is -0.454 e. The van der Waals surface area contributed by atoms with E-state index in [0.717, 1.165) is 11.3 Å². The molecule has 0 bridgehead atoms. The molecule has 0 unspecified atom stereocenters. The number of nitrogen functional groups attached to an aromatic ring is 1. The number of rotatable bonds is 5. The monoisotopic (exact) mass is 353 g/mol. The number of nitrogens with zero attached hydrogens (tertiary/aromatic N) is 3. The highest BCUT2D eigenvalue weighted by Gasteiger charge is 2.11. The molecule has 0 atom stereocenters. The number of carbonyl (C=O) groups excluding carboxylic acids is 1. The number of aryl methyl sites for hydroxylation is 1. The van der Waals surface area contributed by atoms with E-state index < -0.39 is 11.8 Å². The summed E-state index contributed by atoms with van der Waals surface area (Å²) in [6.45, 7) is 1.80. The molecule has 0 saturated heterocycles. The molecule has 132 valence electrons. The predicted octanol–water partition coefficient (Wildman–Crippen LogP) is 3.00. The molecule has 0 aliphatic rings. The number of halogens is 1. The number of hydrogen-bond donors (Lipinski definition) is 2. The van der Waals surface area contributed by atoms with Gasteiger partial charge in [0, 0.05) is 5.69 Å². The first-order valence-electron chi connectivity index (χ1n) is 7.76. The molecule has 7 nitrogen and oxygen atoms in total. The van der Waals surface area contributed by atoms with Crippen molar-refractivity contribution in [1.82, 2.24) is 15.0 Å². The summed E-state index contributed by atoms with van der Waals surface area (Å²) in [4.78, 5) is 24.1. The number of nitrogens with one attached hydrogen (secondary N) is 1. The fraction of sp³-hybridized carbons (Fsp3) is 0.111. The van der Waals surface area contributed by atoms with Gasteiger partial charge in [-0.25, -0.2) is 9.18 Å². The van der Waals surface area contributed by atoms with Crippen molar-refractivity contribution in [2.75, 3.05) is 11.1 Å². The summed E-state index contributed by atoms with van der Waals surface area (Å²) in [5.74, 6) is -0.602. The highest BCUT2D eigenvalue weighted by molar-refractivity contribution is 5.89. The van der Waals surface area contributed by atoms with Crippen molar-refractivity contribution in [2.24, 2.45) is 0 Å². The first-order chi connectivity index (χ1) is 12.5. The van der Waals surface area contributed by atoms with Gasteiger partial charge in [-0.2, -0.15) is 15.0 Å². The van der Waals surface area contributed by atoms with Crippen molar-refractivity contribution in [1.29, 1.82) is 0 Å². The van der Waals surface area contributed by atoms with Crippen LogP contribution >= 0.6 is 0 Å². The first-order valence-corrected chi connectivity index (χ1v) is 7.76. The van der Waals surface area contributed by atoms with E-state index in [0.29, 0.717) is 0 Å². The van der Waals surface area contributed by atoms with Gasteiger partial charge < -0.3 is 15.8 Å². The van der Waals surface area contributed by atoms with Gasteiger partial charge in [0.1, 0.15) is 5.82 Å². The molecule has 2 aromatic carbocycles. The van der Waals surface area contributed by atoms with Crippen molar-refractivity contribution in [3.8, 4) is 0 Å². The topological polar surface area (TPSA) is 103 Å². The zero-order valence-electron chi connectivity index (χ0n) is 13.9. The summed E-state index contributed by atoms with van der Waals surface area (Å²) in [6, 6.07) is 12.7. The van der Waals surface area contributed by atoms with E-state index in [2.05, 4.69) is 20.3 Å². The third kappa shape index (κ3) is 4.50. The number of aromatic nitrogens is 3. The Morgan fingerprint density at radius 2 is 1.77 bits per heavy atom. The quantitative estimate of drug-likeness (QED) is 0.680. The number of nitrogens with two attached hydrogens (primary N) is 1. The third-order valence-electron chi connectivity index (χ3n) is 3.42. The number of ether oxygens (including phenoxy) is 1. The van der Waals surface area contributed by atoms with Crippen molar-refractivity contribution in [2.45, 2.75) is 13.5 Å². The molecule has 3 rings (SSSR count). The fourth-order valence-electron chi connectivity index (χ4n) is 2.12. The van der Waals surface area contributed by atoms with Crippen LogP contribution in [-0.4, -0.2) is 20.9 Å². The van der Waals surface area contributed by atoms with Gasteiger partial charge in [0.2, 0.25) is 11.9 Å². The summed E-state index contributed by atoms with van der Waals surface area (Å²) in [5, 5.41) is 3.01. The molecule has 3 aromatic rings. The standard InChI is InChI=1S/C18H16FN5O2/c1-11-2-8-14(9-3-11)21-18-23-15(22-17(20)24-18)10-26-16(25)12-4-6-13(19)7-5-12/h2-9H,10H2,1H3,(H3,20,21,22,23,24). The second kappa shape index (κ2) is 7.56. The molecule has 1 heterocycles. The molecule has 0 spiro atoms. The second-order valence-electron chi connectivity index (χ2n) is 5.51. The average molecular weight is 353 g/mol. The smallest absolute Gasteiger partial charge is 0.338 e. The summed E-state index contributed by atoms with van der Waals surface area (Å²) in [6.07, 6.45) is 0. The minimum atomic E-state index is -0.614. The van der Waals surface area contributed by atoms with Gasteiger partial charge in [-0.3, -0.25) is 0 Å². The molecular formula is C18H16FN5O2. The third-order valence-corrected chi connectivity index (χ3v) is 3.42. The Kier molecular flexibility index (Phi) is 5.02. The largest absolute Gasteiger partial charge is 0.454 e. The highest BCUT2D eigenvalue weighted by Crippen LogP contribution is 2.15. The number of esters is 1. The molecule has 0 saturated carbocycles. The van der Waals surface area contributed by atoms with Gasteiger partial charge in [-0.15, -0.1) is 0 Å². The molecule has 3 N–H and O–H groups in total. The Morgan fingerprint density at radius 3 is 2.46 bits per heavy atom. The zero-order valence-corrected chi connectivity index (χ0v) is 13.9. The van der Waals surface area contributed by atoms with E-state index in [9.17, 15) is 9.18 Å². The van der Waals surface area contributed by atoms with Crippen LogP contribution in [0.5, 0.6) is 0 Å². The van der Waals surface area contributed by atoms with E-state index in [1.54, 1.807) is 0 Å². The zero-order chi connectivity index (χ0) is 18.5. The molecular weight excluding hydrogens is 337 g/mol. The van der Waals surface area contributed by atoms with Gasteiger partial charge in [0.15, 0.2) is 12.4 Å². The Hall–Kier alpha value is -3.55. The van der Waals surface area contributed by atoms with Gasteiger partial charge in [-0.1, -0.05) is 17.7 Å². The lowest BCUT2D eigenvalue weighted by atomic mass is 10.2. The van der Waals surface area contributed by atoms with Gasteiger partial charge in [0.05, 0.1) is 5.56 Å². The molecule has 1 aromatic heterocycles. The number of carbonyl (C=O) groups is 1. The SMILES string of the molecule is Cc1ccc(Nc2nc(N)nc(COC(=O)c3ccc(F)cc3)n2)cc1. The van der Waals surface area contributed by atoms with Crippen molar-refractivity contribution in [3.63, 3.8) is 0 Å². The maximum absolute atomic E-state index is 12.9. The van der Waals surface area contributed by atoms with Crippen LogP contribution in [0.3, 0.4) is 0 Å². The number of benzene rings is 2. The van der Waals surface area contributed by atoms with Crippen LogP contribution in [0.4, 0.5) is 22.0 Å². The van der Waals surface area contributed by atoms with Gasteiger partial charge in [-0.05, 0) is 43.3 Å². The molecule has 0 radical (unpaired) electrons. The first kappa shape index (κ1) is 17.3. The van der Waals surface area contributed by atoms with E-state index in [1.807, 2.05) is 31.2 Å². The molecule has 0 amide bonds. The Labute approximate surface area is 149 Å². The maximum Gasteiger partial charge on any atom is 0.338 e. The van der Waals surface area contributed by atoms with Crippen LogP contribution in [-0.2, 0) is 11.3 Å². The van der Waals surface area contributed by atoms with Crippen LogP contribution in [0, 0.1) is 12.7 Å². The van der Waals surface area contributed by atoms with Crippen molar-refractivity contribution >= 4 is 23.6 Å². The number of hydrogen-bond acceptors (Lipinski definition) is 7. The summed E-state index contributed by atoms with van der Waals surface area (Å²) < 4.78 is 18.0. The maximum atomic E-state index is 12.9. The summed E-state index contributed by atoms with van der Waals surface area (Å²) >= 11 is 0. The molecule has 8 heteroatoms. The molecule has 0 fully saturated rings. The Balaban J connectivity index is 1.68. The second-order valence-corrected chi connectivity index (χ2v) is 5.51. The van der Waals surface area contributed by atoms with Gasteiger partial charge in [0.25, 0.3) is 0 Å². The van der Waals surface area contributed by atoms with E-state index in [1.165, 1.54) is 24.3 Å². The van der Waals surface area contributed by atoms with Crippen molar-refractivity contribution in [3.05, 3.63) is 71.3 Å². The Bertz CT molecular complexity index is 914. The average Bonchev–Trinajstić information content (AvgIpc) is 2.62. The number of anilines is 3. The predicted molar refractivity (Wildman–Crippen MR) is 94.2 cm³/mol. The lowest BCUT2D eigenvalue weighted by molar-refractivity contribution is 0.0462. The van der Waals surface area contributed by atoms with Crippen LogP contribution in [0.2, 0.25) is 0 Å². The minimum absolute atomic E-state index is 0.00226. The van der Waals surface area contributed by atoms with E-state index >= 15 is 0 Å². The van der Waals surface area contributed by atoms with E-state index in [-0.39, 0.29) is 29.9 Å². The molecule has 0 aliphatic carbocycles. The van der Waals surface area contributed by atoms with E-state index in [4.69, 9.17) is 10.5 Å². The summed E-state index contributed by atoms with van der Waals surface area (Å²) in [7, 11) is 0. The molecule has 0 aliphatic heterocycles. The normalized spacial score (nSPS) is 10.4.